The van der Waals surface area contributed by atoms with Crippen LogP contribution in [0.5, 0.6) is 5.75 Å². The first-order valence-electron chi connectivity index (χ1n) is 6.15. The van der Waals surface area contributed by atoms with E-state index in [1.54, 1.807) is 6.92 Å². The Bertz CT molecular complexity index is 678. The average Bonchev–Trinajstić information content (AvgIpc) is 2.47. The van der Waals surface area contributed by atoms with E-state index in [2.05, 4.69) is 15.3 Å². The number of rotatable bonds is 5. The van der Waals surface area contributed by atoms with E-state index in [-0.39, 0.29) is 22.8 Å². The molecular weight excluding hydrogens is 279 g/mol. The van der Waals surface area contributed by atoms with Crippen LogP contribution >= 0.6 is 0 Å². The molecule has 0 radical (unpaired) electrons. The molecule has 2 aromatic rings. The summed E-state index contributed by atoms with van der Waals surface area (Å²) >= 11 is 0. The lowest BCUT2D eigenvalue weighted by atomic mass is 10.1. The minimum atomic E-state index is -0.600. The smallest absolute Gasteiger partial charge is 0.337 e. The summed E-state index contributed by atoms with van der Waals surface area (Å²) in [6, 6.07) is 3.74. The fourth-order valence-electron chi connectivity index (χ4n) is 1.91. The van der Waals surface area contributed by atoms with Gasteiger partial charge in [-0.05, 0) is 25.1 Å². The lowest BCUT2D eigenvalue weighted by Crippen LogP contribution is -2.06. The van der Waals surface area contributed by atoms with Gasteiger partial charge < -0.3 is 10.1 Å². The van der Waals surface area contributed by atoms with Crippen LogP contribution in [0.2, 0.25) is 0 Å². The van der Waals surface area contributed by atoms with E-state index in [1.165, 1.54) is 25.6 Å². The maximum atomic E-state index is 13.5. The predicted octanol–water partition coefficient (Wildman–Crippen LogP) is 2.63. The standard InChI is InChI=1S/C13H13FN4O3/c1-3-15-13-12(18(19)20)11(16-7-17-13)9-6-8(14)4-5-10(9)21-2/h4-7H,3H2,1-2H3,(H,15,16,17). The van der Waals surface area contributed by atoms with Gasteiger partial charge in [-0.1, -0.05) is 0 Å². The summed E-state index contributed by atoms with van der Waals surface area (Å²) in [5.74, 6) is -0.164. The molecule has 1 heterocycles. The molecule has 8 heteroatoms. The Hall–Kier alpha value is -2.77. The second kappa shape index (κ2) is 6.12. The van der Waals surface area contributed by atoms with E-state index in [9.17, 15) is 14.5 Å². The third-order valence-electron chi connectivity index (χ3n) is 2.77. The van der Waals surface area contributed by atoms with E-state index in [0.29, 0.717) is 12.3 Å². The zero-order valence-electron chi connectivity index (χ0n) is 11.5. The third kappa shape index (κ3) is 2.88. The minimum Gasteiger partial charge on any atom is -0.496 e. The fraction of sp³-hybridized carbons (Fsp3) is 0.231. The van der Waals surface area contributed by atoms with Crippen molar-refractivity contribution in [2.75, 3.05) is 19.0 Å². The first kappa shape index (κ1) is 14.6. The summed E-state index contributed by atoms with van der Waals surface area (Å²) in [4.78, 5) is 18.5. The molecule has 1 N–H and O–H groups in total. The molecule has 1 aromatic carbocycles. The SMILES string of the molecule is CCNc1ncnc(-c2cc(F)ccc2OC)c1[N+](=O)[O-]. The molecule has 0 unspecified atom stereocenters. The number of hydrogen-bond acceptors (Lipinski definition) is 6. The summed E-state index contributed by atoms with van der Waals surface area (Å²) in [6.07, 6.45) is 1.19. The zero-order chi connectivity index (χ0) is 15.4. The molecule has 0 aliphatic rings. The molecule has 0 saturated carbocycles. The van der Waals surface area contributed by atoms with Crippen molar-refractivity contribution in [1.29, 1.82) is 0 Å². The topological polar surface area (TPSA) is 90.2 Å². The molecule has 0 aliphatic heterocycles. The van der Waals surface area contributed by atoms with Crippen molar-refractivity contribution in [2.24, 2.45) is 0 Å². The van der Waals surface area contributed by atoms with Crippen molar-refractivity contribution in [3.8, 4) is 17.0 Å². The molecule has 7 nitrogen and oxygen atoms in total. The van der Waals surface area contributed by atoms with Gasteiger partial charge in [-0.3, -0.25) is 10.1 Å². The number of halogens is 1. The number of ether oxygens (including phenoxy) is 1. The molecule has 1 aromatic heterocycles. The number of nitrogens with one attached hydrogen (secondary N) is 1. The Morgan fingerprint density at radius 1 is 1.43 bits per heavy atom. The maximum absolute atomic E-state index is 13.5. The maximum Gasteiger partial charge on any atom is 0.337 e. The van der Waals surface area contributed by atoms with Crippen molar-refractivity contribution in [2.45, 2.75) is 6.92 Å². The fourth-order valence-corrected chi connectivity index (χ4v) is 1.91. The quantitative estimate of drug-likeness (QED) is 0.673. The van der Waals surface area contributed by atoms with E-state index in [4.69, 9.17) is 4.74 Å². The number of methoxy groups -OCH3 is 1. The highest BCUT2D eigenvalue weighted by Crippen LogP contribution is 2.37. The molecule has 0 aliphatic carbocycles. The van der Waals surface area contributed by atoms with Crippen molar-refractivity contribution in [1.82, 2.24) is 9.97 Å². The highest BCUT2D eigenvalue weighted by atomic mass is 19.1. The summed E-state index contributed by atoms with van der Waals surface area (Å²) in [7, 11) is 1.40. The normalized spacial score (nSPS) is 10.2. The molecule has 2 rings (SSSR count). The molecule has 21 heavy (non-hydrogen) atoms. The lowest BCUT2D eigenvalue weighted by Gasteiger charge is -2.10. The number of nitrogens with zero attached hydrogens (tertiary/aromatic N) is 3. The van der Waals surface area contributed by atoms with Crippen LogP contribution in [0.4, 0.5) is 15.9 Å². The molecule has 0 spiro atoms. The number of anilines is 1. The van der Waals surface area contributed by atoms with E-state index in [0.717, 1.165) is 6.07 Å². The molecule has 0 saturated heterocycles. The molecular formula is C13H13FN4O3. The van der Waals surface area contributed by atoms with Crippen molar-refractivity contribution in [3.05, 3.63) is 40.5 Å². The molecule has 0 bridgehead atoms. The number of benzene rings is 1. The molecule has 110 valence electrons. The van der Waals surface area contributed by atoms with Crippen LogP contribution in [-0.4, -0.2) is 28.5 Å². The van der Waals surface area contributed by atoms with E-state index in [1.807, 2.05) is 0 Å². The van der Waals surface area contributed by atoms with Crippen LogP contribution in [0.1, 0.15) is 6.92 Å². The van der Waals surface area contributed by atoms with Crippen LogP contribution in [0, 0.1) is 15.9 Å². The van der Waals surface area contributed by atoms with Gasteiger partial charge in [-0.2, -0.15) is 0 Å². The van der Waals surface area contributed by atoms with Crippen molar-refractivity contribution >= 4 is 11.5 Å². The van der Waals surface area contributed by atoms with Gasteiger partial charge in [-0.15, -0.1) is 0 Å². The summed E-state index contributed by atoms with van der Waals surface area (Å²) in [5, 5.41) is 14.1. The first-order valence-corrected chi connectivity index (χ1v) is 6.15. The van der Waals surface area contributed by atoms with Crippen LogP contribution in [0.3, 0.4) is 0 Å². The summed E-state index contributed by atoms with van der Waals surface area (Å²) in [5.41, 5.74) is -0.115. The molecule has 0 amide bonds. The van der Waals surface area contributed by atoms with Gasteiger partial charge in [0.25, 0.3) is 0 Å². The Morgan fingerprint density at radius 2 is 2.19 bits per heavy atom. The van der Waals surface area contributed by atoms with Crippen LogP contribution in [0.25, 0.3) is 11.3 Å². The first-order chi connectivity index (χ1) is 10.1. The number of aromatic nitrogens is 2. The largest absolute Gasteiger partial charge is 0.496 e. The summed E-state index contributed by atoms with van der Waals surface area (Å²) < 4.78 is 18.6. The zero-order valence-corrected chi connectivity index (χ0v) is 11.5. The Balaban J connectivity index is 2.71. The monoisotopic (exact) mass is 292 g/mol. The highest BCUT2D eigenvalue weighted by molar-refractivity contribution is 5.80. The van der Waals surface area contributed by atoms with E-state index >= 15 is 0 Å². The van der Waals surface area contributed by atoms with Crippen LogP contribution < -0.4 is 10.1 Å². The number of hydrogen-bond donors (Lipinski definition) is 1. The van der Waals surface area contributed by atoms with Gasteiger partial charge in [0.2, 0.25) is 5.82 Å². The van der Waals surface area contributed by atoms with E-state index < -0.39 is 10.7 Å². The van der Waals surface area contributed by atoms with Gasteiger partial charge in [0.15, 0.2) is 5.69 Å². The Kier molecular flexibility index (Phi) is 4.27. The van der Waals surface area contributed by atoms with Crippen LogP contribution in [-0.2, 0) is 0 Å². The summed E-state index contributed by atoms with van der Waals surface area (Å²) in [6.45, 7) is 2.24. The third-order valence-corrected chi connectivity index (χ3v) is 2.77. The highest BCUT2D eigenvalue weighted by Gasteiger charge is 2.25. The minimum absolute atomic E-state index is 0.00213. The second-order valence-corrected chi connectivity index (χ2v) is 4.05. The van der Waals surface area contributed by atoms with Gasteiger partial charge in [0.05, 0.1) is 17.6 Å². The van der Waals surface area contributed by atoms with Gasteiger partial charge in [-0.25, -0.2) is 14.4 Å². The van der Waals surface area contributed by atoms with Crippen LogP contribution in [0.15, 0.2) is 24.5 Å². The predicted molar refractivity (Wildman–Crippen MR) is 74.8 cm³/mol. The Labute approximate surface area is 120 Å². The van der Waals surface area contributed by atoms with Gasteiger partial charge >= 0.3 is 5.69 Å². The van der Waals surface area contributed by atoms with Gasteiger partial charge in [0.1, 0.15) is 17.9 Å². The lowest BCUT2D eigenvalue weighted by molar-refractivity contribution is -0.383. The number of nitro groups is 1. The van der Waals surface area contributed by atoms with Crippen molar-refractivity contribution < 1.29 is 14.1 Å². The molecule has 0 fully saturated rings. The van der Waals surface area contributed by atoms with Gasteiger partial charge in [0, 0.05) is 6.54 Å². The molecule has 0 atom stereocenters. The van der Waals surface area contributed by atoms with Crippen molar-refractivity contribution in [3.63, 3.8) is 0 Å². The second-order valence-electron chi connectivity index (χ2n) is 4.05. The Morgan fingerprint density at radius 3 is 2.81 bits per heavy atom. The average molecular weight is 292 g/mol.